The van der Waals surface area contributed by atoms with Crippen LogP contribution in [0.5, 0.6) is 0 Å². The first-order valence-electron chi connectivity index (χ1n) is 13.1. The van der Waals surface area contributed by atoms with Gasteiger partial charge < -0.3 is 10.2 Å². The van der Waals surface area contributed by atoms with Crippen LogP contribution in [0, 0.1) is 13.8 Å². The lowest BCUT2D eigenvalue weighted by atomic mass is 10.1. The molecule has 3 rings (SSSR count). The predicted molar refractivity (Wildman–Crippen MR) is 161 cm³/mol. The Balaban J connectivity index is 2.06. The van der Waals surface area contributed by atoms with Crippen LogP contribution in [-0.2, 0) is 26.2 Å². The highest BCUT2D eigenvalue weighted by Crippen LogP contribution is 2.30. The summed E-state index contributed by atoms with van der Waals surface area (Å²) in [5.74, 6) is -0.928. The van der Waals surface area contributed by atoms with Gasteiger partial charge in [0.1, 0.15) is 12.6 Å². The van der Waals surface area contributed by atoms with Gasteiger partial charge in [0.15, 0.2) is 0 Å². The molecule has 7 nitrogen and oxygen atoms in total. The zero-order valence-electron chi connectivity index (χ0n) is 23.2. The lowest BCUT2D eigenvalue weighted by Crippen LogP contribution is -2.51. The second-order valence-corrected chi connectivity index (χ2v) is 12.3. The number of unbranched alkanes of at least 4 members (excludes halogenated alkanes) is 1. The van der Waals surface area contributed by atoms with Crippen molar-refractivity contribution in [2.75, 3.05) is 17.4 Å². The molecule has 10 heteroatoms. The third kappa shape index (κ3) is 7.56. The number of nitrogens with zero attached hydrogens (tertiary/aromatic N) is 2. The molecule has 3 aromatic carbocycles. The minimum absolute atomic E-state index is 0.0498. The summed E-state index contributed by atoms with van der Waals surface area (Å²) in [6.45, 7) is 7.18. The normalized spacial score (nSPS) is 12.1. The third-order valence-corrected chi connectivity index (χ3v) is 9.10. The van der Waals surface area contributed by atoms with Gasteiger partial charge in [-0.25, -0.2) is 8.42 Å². The van der Waals surface area contributed by atoms with E-state index in [1.54, 1.807) is 62.4 Å². The van der Waals surface area contributed by atoms with Crippen LogP contribution in [0.4, 0.5) is 5.69 Å². The first-order valence-corrected chi connectivity index (χ1v) is 15.3. The minimum atomic E-state index is -4.14. The Morgan fingerprint density at radius 2 is 1.60 bits per heavy atom. The molecule has 1 atom stereocenters. The van der Waals surface area contributed by atoms with E-state index in [2.05, 4.69) is 5.32 Å². The average Bonchev–Trinajstić information content (AvgIpc) is 2.92. The van der Waals surface area contributed by atoms with Gasteiger partial charge in [-0.3, -0.25) is 13.9 Å². The van der Waals surface area contributed by atoms with E-state index in [1.807, 2.05) is 19.9 Å². The first-order chi connectivity index (χ1) is 19.0. The summed E-state index contributed by atoms with van der Waals surface area (Å²) in [7, 11) is -4.14. The number of carbonyl (C=O) groups is 2. The lowest BCUT2D eigenvalue weighted by Gasteiger charge is -2.32. The molecule has 214 valence electrons. The van der Waals surface area contributed by atoms with E-state index in [1.165, 1.54) is 17.0 Å². The maximum absolute atomic E-state index is 14.0. The number of sulfonamides is 1. The van der Waals surface area contributed by atoms with Gasteiger partial charge in [-0.1, -0.05) is 78.5 Å². The molecule has 0 spiro atoms. The molecular formula is C30H35Cl2N3O4S. The van der Waals surface area contributed by atoms with E-state index in [0.29, 0.717) is 33.4 Å². The van der Waals surface area contributed by atoms with Gasteiger partial charge in [-0.2, -0.15) is 0 Å². The summed E-state index contributed by atoms with van der Waals surface area (Å²) in [5, 5.41) is 3.54. The zero-order chi connectivity index (χ0) is 29.4. The van der Waals surface area contributed by atoms with Crippen LogP contribution in [0.25, 0.3) is 0 Å². The smallest absolute Gasteiger partial charge is 0.264 e. The minimum Gasteiger partial charge on any atom is -0.354 e. The number of benzene rings is 3. The third-order valence-electron chi connectivity index (χ3n) is 6.62. The van der Waals surface area contributed by atoms with Crippen LogP contribution >= 0.6 is 23.2 Å². The van der Waals surface area contributed by atoms with E-state index < -0.39 is 28.5 Å². The molecule has 0 aliphatic rings. The molecule has 0 saturated carbocycles. The van der Waals surface area contributed by atoms with Crippen molar-refractivity contribution < 1.29 is 18.0 Å². The number of anilines is 1. The summed E-state index contributed by atoms with van der Waals surface area (Å²) in [4.78, 5) is 28.5. The van der Waals surface area contributed by atoms with Gasteiger partial charge in [0.2, 0.25) is 11.8 Å². The van der Waals surface area contributed by atoms with E-state index in [0.717, 1.165) is 22.7 Å². The summed E-state index contributed by atoms with van der Waals surface area (Å²) in [5.41, 5.74) is 2.49. The van der Waals surface area contributed by atoms with E-state index >= 15 is 0 Å². The van der Waals surface area contributed by atoms with Gasteiger partial charge in [0.05, 0.1) is 10.6 Å². The maximum atomic E-state index is 14.0. The molecule has 0 radical (unpaired) electrons. The monoisotopic (exact) mass is 603 g/mol. The van der Waals surface area contributed by atoms with Gasteiger partial charge in [0, 0.05) is 28.7 Å². The quantitative estimate of drug-likeness (QED) is 0.252. The van der Waals surface area contributed by atoms with Crippen LogP contribution in [-0.4, -0.2) is 44.3 Å². The number of hydrogen-bond acceptors (Lipinski definition) is 4. The largest absolute Gasteiger partial charge is 0.354 e. The summed E-state index contributed by atoms with van der Waals surface area (Å²) in [6.07, 6.45) is 1.69. The Morgan fingerprint density at radius 3 is 2.20 bits per heavy atom. The zero-order valence-corrected chi connectivity index (χ0v) is 25.5. The molecule has 1 unspecified atom stereocenters. The molecular weight excluding hydrogens is 569 g/mol. The maximum Gasteiger partial charge on any atom is 0.264 e. The lowest BCUT2D eigenvalue weighted by molar-refractivity contribution is -0.139. The summed E-state index contributed by atoms with van der Waals surface area (Å²) in [6, 6.07) is 17.4. The molecule has 40 heavy (non-hydrogen) atoms. The molecule has 0 saturated heterocycles. The van der Waals surface area contributed by atoms with Crippen LogP contribution in [0.1, 0.15) is 43.4 Å². The van der Waals surface area contributed by atoms with Crippen molar-refractivity contribution in [3.8, 4) is 0 Å². The molecule has 0 aromatic heterocycles. The van der Waals surface area contributed by atoms with Crippen molar-refractivity contribution in [2.45, 2.75) is 58.0 Å². The van der Waals surface area contributed by atoms with Crippen molar-refractivity contribution >= 4 is 50.7 Å². The fourth-order valence-corrected chi connectivity index (χ4v) is 6.31. The Morgan fingerprint density at radius 1 is 0.950 bits per heavy atom. The fraction of sp³-hybridized carbons (Fsp3) is 0.333. The molecule has 3 aromatic rings. The number of aryl methyl sites for hydroxylation is 2. The van der Waals surface area contributed by atoms with E-state index in [9.17, 15) is 18.0 Å². The Kier molecular flexibility index (Phi) is 11.0. The van der Waals surface area contributed by atoms with Crippen LogP contribution in [0.15, 0.2) is 71.6 Å². The number of halogens is 2. The van der Waals surface area contributed by atoms with Gasteiger partial charge >= 0.3 is 0 Å². The number of amides is 2. The molecule has 1 N–H and O–H groups in total. The highest BCUT2D eigenvalue weighted by molar-refractivity contribution is 7.92. The van der Waals surface area contributed by atoms with E-state index in [4.69, 9.17) is 23.2 Å². The topological polar surface area (TPSA) is 86.8 Å². The van der Waals surface area contributed by atoms with E-state index in [-0.39, 0.29) is 17.3 Å². The molecule has 0 bridgehead atoms. The summed E-state index contributed by atoms with van der Waals surface area (Å²) >= 11 is 12.9. The van der Waals surface area contributed by atoms with Gasteiger partial charge in [-0.05, 0) is 63.1 Å². The fourth-order valence-electron chi connectivity index (χ4n) is 4.29. The Bertz CT molecular complexity index is 1430. The molecule has 0 fully saturated rings. The second-order valence-electron chi connectivity index (χ2n) is 9.66. The Hall–Kier alpha value is -3.07. The van der Waals surface area contributed by atoms with Gasteiger partial charge in [-0.15, -0.1) is 0 Å². The number of hydrogen-bond donors (Lipinski definition) is 1. The number of nitrogens with one attached hydrogen (secondary N) is 1. The van der Waals surface area contributed by atoms with Crippen molar-refractivity contribution in [3.63, 3.8) is 0 Å². The van der Waals surface area contributed by atoms with Gasteiger partial charge in [0.25, 0.3) is 10.0 Å². The second kappa shape index (κ2) is 14.0. The van der Waals surface area contributed by atoms with Crippen molar-refractivity contribution in [2.24, 2.45) is 0 Å². The number of rotatable bonds is 12. The molecule has 0 aliphatic carbocycles. The average molecular weight is 605 g/mol. The highest BCUT2D eigenvalue weighted by atomic mass is 35.5. The molecule has 0 heterocycles. The predicted octanol–water partition coefficient (Wildman–Crippen LogP) is 6.14. The van der Waals surface area contributed by atoms with Crippen molar-refractivity contribution in [3.05, 3.63) is 93.5 Å². The van der Waals surface area contributed by atoms with Crippen LogP contribution < -0.4 is 9.62 Å². The standard InChI is InChI=1S/C30H35Cl2N3O4S/c1-5-6-17-33-30(37)23(4)34(19-25-26(31)13-10-14-27(25)32)29(36)20-35(28-16-15-21(2)18-22(28)3)40(38,39)24-11-8-7-9-12-24/h7-16,18,23H,5-6,17,19-20H2,1-4H3,(H,33,37). The van der Waals surface area contributed by atoms with Crippen LogP contribution in [0.2, 0.25) is 10.0 Å². The first kappa shape index (κ1) is 31.5. The van der Waals surface area contributed by atoms with Crippen LogP contribution in [0.3, 0.4) is 0 Å². The number of carbonyl (C=O) groups excluding carboxylic acids is 2. The summed E-state index contributed by atoms with van der Waals surface area (Å²) < 4.78 is 28.9. The Labute approximate surface area is 247 Å². The van der Waals surface area contributed by atoms with Crippen molar-refractivity contribution in [1.82, 2.24) is 10.2 Å². The molecule has 2 amide bonds. The highest BCUT2D eigenvalue weighted by Gasteiger charge is 2.33. The van der Waals surface area contributed by atoms with Crippen molar-refractivity contribution in [1.29, 1.82) is 0 Å². The molecule has 0 aliphatic heterocycles. The SMILES string of the molecule is CCCCNC(=O)C(C)N(Cc1c(Cl)cccc1Cl)C(=O)CN(c1ccc(C)cc1C)S(=O)(=O)c1ccccc1.